The third-order valence-corrected chi connectivity index (χ3v) is 6.24. The van der Waals surface area contributed by atoms with Gasteiger partial charge in [0.15, 0.2) is 0 Å². The number of β-amino-alcohol motifs (C(OH)–C–C–N with tert-alkyl or cyclic N) is 1. The Morgan fingerprint density at radius 2 is 1.73 bits per heavy atom. The van der Waals surface area contributed by atoms with Gasteiger partial charge in [0.25, 0.3) is 0 Å². The van der Waals surface area contributed by atoms with Crippen LogP contribution < -0.4 is 0 Å². The molecule has 0 aromatic heterocycles. The number of piperidine rings is 2. The standard InChI is InChI=1S/C22H28N2O2/c1-16(25)23-11-8-20(9-12-23)24-13-10-21(22(26)15-24)19-7-6-17-4-2-3-5-18(17)14-19/h2-7,14,20-22,26H,8-13,15H2,1H3/t21-,22+/m0/s1. The highest BCUT2D eigenvalue weighted by Gasteiger charge is 2.33. The van der Waals surface area contributed by atoms with E-state index in [1.165, 1.54) is 16.3 Å². The van der Waals surface area contributed by atoms with Gasteiger partial charge in [-0.15, -0.1) is 0 Å². The molecule has 0 spiro atoms. The van der Waals surface area contributed by atoms with E-state index in [4.69, 9.17) is 0 Å². The Hall–Kier alpha value is -1.91. The topological polar surface area (TPSA) is 43.8 Å². The average Bonchev–Trinajstić information content (AvgIpc) is 2.67. The highest BCUT2D eigenvalue weighted by atomic mass is 16.3. The van der Waals surface area contributed by atoms with Gasteiger partial charge in [-0.3, -0.25) is 9.69 Å². The van der Waals surface area contributed by atoms with Crippen molar-refractivity contribution >= 4 is 16.7 Å². The molecule has 0 aliphatic carbocycles. The van der Waals surface area contributed by atoms with Gasteiger partial charge >= 0.3 is 0 Å². The number of likely N-dealkylation sites (tertiary alicyclic amines) is 2. The summed E-state index contributed by atoms with van der Waals surface area (Å²) < 4.78 is 0. The van der Waals surface area contributed by atoms with Crippen molar-refractivity contribution < 1.29 is 9.90 Å². The molecule has 138 valence electrons. The highest BCUT2D eigenvalue weighted by molar-refractivity contribution is 5.83. The first kappa shape index (κ1) is 17.5. The van der Waals surface area contributed by atoms with Gasteiger partial charge in [-0.05, 0) is 42.1 Å². The zero-order valence-electron chi connectivity index (χ0n) is 15.5. The van der Waals surface area contributed by atoms with E-state index in [1.807, 2.05) is 4.90 Å². The molecule has 2 fully saturated rings. The molecule has 0 radical (unpaired) electrons. The Morgan fingerprint density at radius 1 is 1.00 bits per heavy atom. The lowest BCUT2D eigenvalue weighted by Gasteiger charge is -2.43. The number of carbonyl (C=O) groups is 1. The minimum absolute atomic E-state index is 0.179. The minimum atomic E-state index is -0.323. The molecule has 2 aromatic carbocycles. The van der Waals surface area contributed by atoms with Gasteiger partial charge in [0.05, 0.1) is 6.10 Å². The van der Waals surface area contributed by atoms with Crippen molar-refractivity contribution in [3.8, 4) is 0 Å². The molecule has 2 saturated heterocycles. The number of aliphatic hydroxyl groups is 1. The van der Waals surface area contributed by atoms with Crippen LogP contribution in [0.5, 0.6) is 0 Å². The van der Waals surface area contributed by atoms with Crippen LogP contribution >= 0.6 is 0 Å². The summed E-state index contributed by atoms with van der Waals surface area (Å²) in [5.41, 5.74) is 1.25. The summed E-state index contributed by atoms with van der Waals surface area (Å²) in [5.74, 6) is 0.395. The van der Waals surface area contributed by atoms with Crippen LogP contribution in [0.3, 0.4) is 0 Å². The summed E-state index contributed by atoms with van der Waals surface area (Å²) in [7, 11) is 0. The molecule has 2 heterocycles. The number of benzene rings is 2. The smallest absolute Gasteiger partial charge is 0.219 e. The summed E-state index contributed by atoms with van der Waals surface area (Å²) in [6.07, 6.45) is 2.71. The molecule has 0 unspecified atom stereocenters. The zero-order chi connectivity index (χ0) is 18.1. The first-order valence-electron chi connectivity index (χ1n) is 9.78. The summed E-state index contributed by atoms with van der Waals surface area (Å²) >= 11 is 0. The summed E-state index contributed by atoms with van der Waals surface area (Å²) in [5, 5.41) is 13.3. The predicted molar refractivity (Wildman–Crippen MR) is 104 cm³/mol. The van der Waals surface area contributed by atoms with Crippen molar-refractivity contribution in [2.75, 3.05) is 26.2 Å². The Bertz CT molecular complexity index is 783. The fraction of sp³-hybridized carbons (Fsp3) is 0.500. The number of hydrogen-bond donors (Lipinski definition) is 1. The number of fused-ring (bicyclic) bond motifs is 1. The number of aliphatic hydroxyl groups excluding tert-OH is 1. The molecular weight excluding hydrogens is 324 g/mol. The fourth-order valence-electron chi connectivity index (χ4n) is 4.66. The van der Waals surface area contributed by atoms with Crippen molar-refractivity contribution in [1.82, 2.24) is 9.80 Å². The molecule has 0 saturated carbocycles. The van der Waals surface area contributed by atoms with E-state index in [0.29, 0.717) is 6.04 Å². The van der Waals surface area contributed by atoms with Gasteiger partial charge in [-0.2, -0.15) is 0 Å². The lowest BCUT2D eigenvalue weighted by Crippen LogP contribution is -2.52. The van der Waals surface area contributed by atoms with Gasteiger partial charge in [-0.1, -0.05) is 42.5 Å². The van der Waals surface area contributed by atoms with E-state index < -0.39 is 0 Å². The lowest BCUT2D eigenvalue weighted by atomic mass is 9.85. The molecule has 2 aliphatic rings. The van der Waals surface area contributed by atoms with Crippen LogP contribution in [0.4, 0.5) is 0 Å². The maximum atomic E-state index is 11.5. The van der Waals surface area contributed by atoms with Crippen molar-refractivity contribution in [2.45, 2.75) is 44.2 Å². The van der Waals surface area contributed by atoms with E-state index in [9.17, 15) is 9.90 Å². The average molecular weight is 352 g/mol. The van der Waals surface area contributed by atoms with Gasteiger partial charge in [0.1, 0.15) is 0 Å². The van der Waals surface area contributed by atoms with Crippen molar-refractivity contribution in [2.24, 2.45) is 0 Å². The first-order chi connectivity index (χ1) is 12.6. The van der Waals surface area contributed by atoms with Gasteiger partial charge in [-0.25, -0.2) is 0 Å². The largest absolute Gasteiger partial charge is 0.391 e. The van der Waals surface area contributed by atoms with Crippen LogP contribution in [-0.4, -0.2) is 59.1 Å². The molecule has 26 heavy (non-hydrogen) atoms. The van der Waals surface area contributed by atoms with Crippen LogP contribution in [-0.2, 0) is 4.79 Å². The Balaban J connectivity index is 1.41. The normalized spacial score (nSPS) is 25.5. The fourth-order valence-corrected chi connectivity index (χ4v) is 4.66. The van der Waals surface area contributed by atoms with E-state index in [0.717, 1.165) is 45.4 Å². The van der Waals surface area contributed by atoms with E-state index in [-0.39, 0.29) is 17.9 Å². The molecule has 1 N–H and O–H groups in total. The van der Waals surface area contributed by atoms with E-state index >= 15 is 0 Å². The van der Waals surface area contributed by atoms with Crippen LogP contribution in [0.2, 0.25) is 0 Å². The SMILES string of the molecule is CC(=O)N1CCC(N2CC[C@@H](c3ccc4ccccc4c3)[C@H](O)C2)CC1. The van der Waals surface area contributed by atoms with Crippen LogP contribution in [0.1, 0.15) is 37.7 Å². The van der Waals surface area contributed by atoms with Crippen LogP contribution in [0.15, 0.2) is 42.5 Å². The number of amides is 1. The number of rotatable bonds is 2. The number of carbonyl (C=O) groups excluding carboxylic acids is 1. The van der Waals surface area contributed by atoms with Crippen molar-refractivity contribution in [3.63, 3.8) is 0 Å². The van der Waals surface area contributed by atoms with Crippen LogP contribution in [0, 0.1) is 0 Å². The molecule has 4 rings (SSSR count). The summed E-state index contributed by atoms with van der Waals surface area (Å²) in [6.45, 7) is 5.11. The van der Waals surface area contributed by atoms with E-state index in [1.54, 1.807) is 6.92 Å². The van der Waals surface area contributed by atoms with Gasteiger partial charge in [0.2, 0.25) is 5.91 Å². The van der Waals surface area contributed by atoms with Crippen molar-refractivity contribution in [3.05, 3.63) is 48.0 Å². The Labute approximate surface area is 155 Å². The Kier molecular flexibility index (Phi) is 4.96. The third kappa shape index (κ3) is 3.49. The zero-order valence-corrected chi connectivity index (χ0v) is 15.5. The summed E-state index contributed by atoms with van der Waals surface area (Å²) in [4.78, 5) is 15.9. The minimum Gasteiger partial charge on any atom is -0.391 e. The second-order valence-electron chi connectivity index (χ2n) is 7.80. The second kappa shape index (κ2) is 7.37. The molecule has 4 heteroatoms. The van der Waals surface area contributed by atoms with Gasteiger partial charge < -0.3 is 10.0 Å². The molecule has 2 aliphatic heterocycles. The molecule has 1 amide bonds. The quantitative estimate of drug-likeness (QED) is 0.904. The molecule has 2 aromatic rings. The second-order valence-corrected chi connectivity index (χ2v) is 7.80. The molecular formula is C22H28N2O2. The number of hydrogen-bond acceptors (Lipinski definition) is 3. The summed E-state index contributed by atoms with van der Waals surface area (Å²) in [6, 6.07) is 15.5. The lowest BCUT2D eigenvalue weighted by molar-refractivity contribution is -0.130. The predicted octanol–water partition coefficient (Wildman–Crippen LogP) is 3.00. The molecule has 2 atom stereocenters. The Morgan fingerprint density at radius 3 is 2.42 bits per heavy atom. The number of nitrogens with zero attached hydrogens (tertiary/aromatic N) is 2. The first-order valence-corrected chi connectivity index (χ1v) is 9.78. The van der Waals surface area contributed by atoms with Crippen molar-refractivity contribution in [1.29, 1.82) is 0 Å². The van der Waals surface area contributed by atoms with Gasteiger partial charge in [0, 0.05) is 38.5 Å². The maximum absolute atomic E-state index is 11.5. The van der Waals surface area contributed by atoms with E-state index in [2.05, 4.69) is 47.4 Å². The third-order valence-electron chi connectivity index (χ3n) is 6.24. The highest BCUT2D eigenvalue weighted by Crippen LogP contribution is 2.32. The molecule has 4 nitrogen and oxygen atoms in total. The van der Waals surface area contributed by atoms with Crippen LogP contribution in [0.25, 0.3) is 10.8 Å². The maximum Gasteiger partial charge on any atom is 0.219 e. The monoisotopic (exact) mass is 352 g/mol. The molecule has 0 bridgehead atoms.